The third kappa shape index (κ3) is 4.75. The summed E-state index contributed by atoms with van der Waals surface area (Å²) in [7, 11) is 0. The Balaban J connectivity index is 1.63. The molecular formula is C21H20N2O4S. The van der Waals surface area contributed by atoms with E-state index in [4.69, 9.17) is 9.47 Å². The maximum Gasteiger partial charge on any atom is 0.358 e. The number of rotatable bonds is 7. The van der Waals surface area contributed by atoms with Crippen molar-refractivity contribution in [2.45, 2.75) is 20.0 Å². The highest BCUT2D eigenvalue weighted by Crippen LogP contribution is 2.25. The lowest BCUT2D eigenvalue weighted by Crippen LogP contribution is -2.30. The van der Waals surface area contributed by atoms with Gasteiger partial charge in [-0.15, -0.1) is 11.3 Å². The third-order valence-electron chi connectivity index (χ3n) is 3.83. The van der Waals surface area contributed by atoms with Crippen molar-refractivity contribution in [3.8, 4) is 16.3 Å². The van der Waals surface area contributed by atoms with Gasteiger partial charge in [0.15, 0.2) is 11.8 Å². The number of hydrogen-bond acceptors (Lipinski definition) is 6. The summed E-state index contributed by atoms with van der Waals surface area (Å²) in [6.45, 7) is 3.85. The smallest absolute Gasteiger partial charge is 0.358 e. The first-order valence-electron chi connectivity index (χ1n) is 8.83. The number of carbonyl (C=O) groups excluding carboxylic acids is 2. The van der Waals surface area contributed by atoms with Crippen molar-refractivity contribution >= 4 is 28.9 Å². The molecule has 2 aromatic carbocycles. The molecule has 0 unspecified atom stereocenters. The van der Waals surface area contributed by atoms with Crippen LogP contribution in [0, 0.1) is 0 Å². The molecule has 1 amide bonds. The van der Waals surface area contributed by atoms with E-state index in [0.29, 0.717) is 18.0 Å². The van der Waals surface area contributed by atoms with E-state index in [1.807, 2.05) is 43.3 Å². The number of nitrogens with one attached hydrogen (secondary N) is 1. The van der Waals surface area contributed by atoms with Crippen molar-refractivity contribution in [1.82, 2.24) is 4.98 Å². The summed E-state index contributed by atoms with van der Waals surface area (Å²) < 4.78 is 10.8. The summed E-state index contributed by atoms with van der Waals surface area (Å²) in [6, 6.07) is 16.6. The number of para-hydroxylation sites is 2. The average molecular weight is 396 g/mol. The zero-order valence-electron chi connectivity index (χ0n) is 15.5. The molecule has 7 heteroatoms. The minimum Gasteiger partial charge on any atom is -0.492 e. The van der Waals surface area contributed by atoms with Crippen LogP contribution in [0.5, 0.6) is 5.75 Å². The summed E-state index contributed by atoms with van der Waals surface area (Å²) in [6.07, 6.45) is -0.982. The van der Waals surface area contributed by atoms with Crippen LogP contribution >= 0.6 is 11.3 Å². The van der Waals surface area contributed by atoms with Gasteiger partial charge in [-0.2, -0.15) is 0 Å². The Labute approximate surface area is 167 Å². The zero-order valence-corrected chi connectivity index (χ0v) is 16.4. The summed E-state index contributed by atoms with van der Waals surface area (Å²) in [5.41, 5.74) is 1.63. The van der Waals surface area contributed by atoms with Gasteiger partial charge in [-0.25, -0.2) is 9.78 Å². The lowest BCUT2D eigenvalue weighted by Gasteiger charge is -2.15. The second-order valence-corrected chi connectivity index (χ2v) is 6.73. The molecule has 0 saturated heterocycles. The molecule has 0 aliphatic rings. The van der Waals surface area contributed by atoms with E-state index in [-0.39, 0.29) is 5.69 Å². The molecule has 0 spiro atoms. The normalized spacial score (nSPS) is 11.5. The van der Waals surface area contributed by atoms with Crippen LogP contribution in [0.1, 0.15) is 24.3 Å². The number of thiazole rings is 1. The number of anilines is 1. The monoisotopic (exact) mass is 396 g/mol. The first kappa shape index (κ1) is 19.6. The standard InChI is InChI=1S/C21H20N2O4S/c1-3-26-18-12-8-7-11-16(18)22-19(24)14(2)27-21(25)17-13-28-20(23-17)15-9-5-4-6-10-15/h4-14H,3H2,1-2H3,(H,22,24)/t14-/m1/s1. The zero-order chi connectivity index (χ0) is 19.9. The van der Waals surface area contributed by atoms with E-state index in [2.05, 4.69) is 10.3 Å². The van der Waals surface area contributed by atoms with E-state index >= 15 is 0 Å². The van der Waals surface area contributed by atoms with E-state index < -0.39 is 18.0 Å². The number of aromatic nitrogens is 1. The maximum atomic E-state index is 12.4. The van der Waals surface area contributed by atoms with Gasteiger partial charge in [-0.3, -0.25) is 4.79 Å². The van der Waals surface area contributed by atoms with Gasteiger partial charge in [0.1, 0.15) is 10.8 Å². The Morgan fingerprint density at radius 3 is 2.57 bits per heavy atom. The van der Waals surface area contributed by atoms with Crippen LogP contribution in [-0.2, 0) is 9.53 Å². The number of ether oxygens (including phenoxy) is 2. The molecule has 0 bridgehead atoms. The molecule has 3 aromatic rings. The van der Waals surface area contributed by atoms with Gasteiger partial charge in [0.25, 0.3) is 5.91 Å². The second-order valence-electron chi connectivity index (χ2n) is 5.87. The van der Waals surface area contributed by atoms with Crippen LogP contribution in [0.3, 0.4) is 0 Å². The van der Waals surface area contributed by atoms with Gasteiger partial charge in [-0.05, 0) is 26.0 Å². The highest BCUT2D eigenvalue weighted by Gasteiger charge is 2.22. The van der Waals surface area contributed by atoms with Gasteiger partial charge in [0.2, 0.25) is 0 Å². The van der Waals surface area contributed by atoms with E-state index in [1.54, 1.807) is 23.6 Å². The molecule has 0 saturated carbocycles. The number of amides is 1. The molecule has 3 rings (SSSR count). The summed E-state index contributed by atoms with van der Waals surface area (Å²) in [5.74, 6) is -0.526. The Morgan fingerprint density at radius 1 is 1.11 bits per heavy atom. The molecule has 28 heavy (non-hydrogen) atoms. The van der Waals surface area contributed by atoms with Crippen molar-refractivity contribution in [2.24, 2.45) is 0 Å². The number of esters is 1. The maximum absolute atomic E-state index is 12.4. The van der Waals surface area contributed by atoms with Crippen LogP contribution in [0.4, 0.5) is 5.69 Å². The molecule has 1 heterocycles. The van der Waals surface area contributed by atoms with Crippen molar-refractivity contribution < 1.29 is 19.1 Å². The number of benzene rings is 2. The minimum atomic E-state index is -0.982. The molecule has 6 nitrogen and oxygen atoms in total. The number of carbonyl (C=O) groups is 2. The highest BCUT2D eigenvalue weighted by molar-refractivity contribution is 7.13. The third-order valence-corrected chi connectivity index (χ3v) is 4.72. The molecule has 144 valence electrons. The topological polar surface area (TPSA) is 77.5 Å². The predicted octanol–water partition coefficient (Wildman–Crippen LogP) is 4.39. The quantitative estimate of drug-likeness (QED) is 0.599. The first-order valence-corrected chi connectivity index (χ1v) is 9.71. The van der Waals surface area contributed by atoms with Crippen molar-refractivity contribution in [3.63, 3.8) is 0 Å². The molecular weight excluding hydrogens is 376 g/mol. The van der Waals surface area contributed by atoms with Crippen LogP contribution in [0.25, 0.3) is 10.6 Å². The molecule has 1 aromatic heterocycles. The Morgan fingerprint density at radius 2 is 1.82 bits per heavy atom. The summed E-state index contributed by atoms with van der Waals surface area (Å²) >= 11 is 1.35. The molecule has 0 fully saturated rings. The highest BCUT2D eigenvalue weighted by atomic mass is 32.1. The molecule has 0 aliphatic carbocycles. The summed E-state index contributed by atoms with van der Waals surface area (Å²) in [5, 5.41) is 5.07. The number of nitrogens with zero attached hydrogens (tertiary/aromatic N) is 1. The Kier molecular flexibility index (Phi) is 6.39. The van der Waals surface area contributed by atoms with Crippen molar-refractivity contribution in [1.29, 1.82) is 0 Å². The van der Waals surface area contributed by atoms with Crippen LogP contribution in [-0.4, -0.2) is 29.6 Å². The molecule has 1 N–H and O–H groups in total. The molecule has 1 atom stereocenters. The molecule has 0 aliphatic heterocycles. The van der Waals surface area contributed by atoms with Crippen LogP contribution in [0.15, 0.2) is 60.0 Å². The van der Waals surface area contributed by atoms with Crippen molar-refractivity contribution in [3.05, 3.63) is 65.7 Å². The number of hydrogen-bond donors (Lipinski definition) is 1. The summed E-state index contributed by atoms with van der Waals surface area (Å²) in [4.78, 5) is 29.1. The van der Waals surface area contributed by atoms with Gasteiger partial charge in [0.05, 0.1) is 12.3 Å². The average Bonchev–Trinajstić information content (AvgIpc) is 3.21. The molecule has 0 radical (unpaired) electrons. The fraction of sp³-hybridized carbons (Fsp3) is 0.190. The van der Waals surface area contributed by atoms with Crippen LogP contribution in [0.2, 0.25) is 0 Å². The fourth-order valence-corrected chi connectivity index (χ4v) is 3.24. The van der Waals surface area contributed by atoms with Gasteiger partial charge in [0, 0.05) is 10.9 Å². The minimum absolute atomic E-state index is 0.179. The van der Waals surface area contributed by atoms with E-state index in [9.17, 15) is 9.59 Å². The Bertz CT molecular complexity index is 956. The van der Waals surface area contributed by atoms with Gasteiger partial charge < -0.3 is 14.8 Å². The first-order chi connectivity index (χ1) is 13.6. The predicted molar refractivity (Wildman–Crippen MR) is 109 cm³/mol. The fourth-order valence-electron chi connectivity index (χ4n) is 2.44. The lowest BCUT2D eigenvalue weighted by atomic mass is 10.2. The van der Waals surface area contributed by atoms with Crippen molar-refractivity contribution in [2.75, 3.05) is 11.9 Å². The van der Waals surface area contributed by atoms with Gasteiger partial charge >= 0.3 is 5.97 Å². The van der Waals surface area contributed by atoms with Gasteiger partial charge in [-0.1, -0.05) is 42.5 Å². The van der Waals surface area contributed by atoms with Crippen LogP contribution < -0.4 is 10.1 Å². The van der Waals surface area contributed by atoms with E-state index in [0.717, 1.165) is 10.6 Å². The lowest BCUT2D eigenvalue weighted by molar-refractivity contribution is -0.123. The Hall–Kier alpha value is -3.19. The second kappa shape index (κ2) is 9.14. The SMILES string of the molecule is CCOc1ccccc1NC(=O)[C@@H](C)OC(=O)c1csc(-c2ccccc2)n1. The largest absolute Gasteiger partial charge is 0.492 e. The van der Waals surface area contributed by atoms with E-state index in [1.165, 1.54) is 18.3 Å².